The number of imidazole rings is 1. The molecular formula is C16H12N4O2. The van der Waals surface area contributed by atoms with Crippen LogP contribution in [0.15, 0.2) is 53.3 Å². The summed E-state index contributed by atoms with van der Waals surface area (Å²) in [6.07, 6.45) is 1.66. The summed E-state index contributed by atoms with van der Waals surface area (Å²) < 4.78 is 10.7. The lowest BCUT2D eigenvalue weighted by Gasteiger charge is -2.03. The van der Waals surface area contributed by atoms with E-state index in [1.807, 2.05) is 42.5 Å². The van der Waals surface area contributed by atoms with E-state index in [0.717, 1.165) is 22.2 Å². The highest BCUT2D eigenvalue weighted by atomic mass is 16.5. The van der Waals surface area contributed by atoms with E-state index in [9.17, 15) is 0 Å². The number of aromatic amines is 1. The van der Waals surface area contributed by atoms with Gasteiger partial charge in [-0.05, 0) is 30.3 Å². The Labute approximate surface area is 125 Å². The van der Waals surface area contributed by atoms with Crippen molar-refractivity contribution in [1.82, 2.24) is 20.1 Å². The van der Waals surface area contributed by atoms with Gasteiger partial charge in [-0.1, -0.05) is 17.3 Å². The second kappa shape index (κ2) is 5.00. The predicted octanol–water partition coefficient (Wildman–Crippen LogP) is 3.29. The molecule has 0 aliphatic heterocycles. The third kappa shape index (κ3) is 2.01. The molecule has 0 bridgehead atoms. The summed E-state index contributed by atoms with van der Waals surface area (Å²) in [4.78, 5) is 11.7. The largest absolute Gasteiger partial charge is 0.496 e. The summed E-state index contributed by atoms with van der Waals surface area (Å²) in [6, 6.07) is 13.3. The number of benzene rings is 2. The summed E-state index contributed by atoms with van der Waals surface area (Å²) >= 11 is 0. The van der Waals surface area contributed by atoms with E-state index in [1.165, 1.54) is 0 Å². The quantitative estimate of drug-likeness (QED) is 0.627. The van der Waals surface area contributed by atoms with E-state index in [2.05, 4.69) is 20.1 Å². The lowest BCUT2D eigenvalue weighted by molar-refractivity contribution is 0.413. The zero-order valence-corrected chi connectivity index (χ0v) is 11.8. The SMILES string of the molecule is COc1ccccc1-c1noc(-c2ccc3[nH]cnc3c2)n1. The smallest absolute Gasteiger partial charge is 0.258 e. The maximum Gasteiger partial charge on any atom is 0.258 e. The molecule has 4 rings (SSSR count). The third-order valence-corrected chi connectivity index (χ3v) is 3.44. The minimum absolute atomic E-state index is 0.450. The Balaban J connectivity index is 1.77. The molecule has 2 aromatic heterocycles. The van der Waals surface area contributed by atoms with Gasteiger partial charge in [-0.15, -0.1) is 0 Å². The topological polar surface area (TPSA) is 76.8 Å². The van der Waals surface area contributed by atoms with Gasteiger partial charge in [0, 0.05) is 5.56 Å². The lowest BCUT2D eigenvalue weighted by Crippen LogP contribution is -1.88. The Morgan fingerprint density at radius 1 is 1.14 bits per heavy atom. The van der Waals surface area contributed by atoms with Crippen LogP contribution in [0.25, 0.3) is 33.9 Å². The first-order valence-corrected chi connectivity index (χ1v) is 6.76. The fourth-order valence-electron chi connectivity index (χ4n) is 2.34. The predicted molar refractivity (Wildman–Crippen MR) is 81.4 cm³/mol. The van der Waals surface area contributed by atoms with Crippen LogP contribution in [-0.4, -0.2) is 27.2 Å². The van der Waals surface area contributed by atoms with Gasteiger partial charge >= 0.3 is 0 Å². The number of H-pyrrole nitrogens is 1. The summed E-state index contributed by atoms with van der Waals surface area (Å²) in [5.41, 5.74) is 3.44. The summed E-state index contributed by atoms with van der Waals surface area (Å²) in [5, 5.41) is 4.04. The van der Waals surface area contributed by atoms with Gasteiger partial charge in [0.05, 0.1) is 30.0 Å². The zero-order chi connectivity index (χ0) is 14.9. The van der Waals surface area contributed by atoms with Gasteiger partial charge < -0.3 is 14.2 Å². The second-order valence-electron chi connectivity index (χ2n) is 4.76. The highest BCUT2D eigenvalue weighted by Gasteiger charge is 2.14. The molecule has 0 fully saturated rings. The first-order valence-electron chi connectivity index (χ1n) is 6.76. The molecule has 2 aromatic carbocycles. The van der Waals surface area contributed by atoms with Gasteiger partial charge in [-0.3, -0.25) is 0 Å². The molecule has 22 heavy (non-hydrogen) atoms. The number of ether oxygens (including phenoxy) is 1. The van der Waals surface area contributed by atoms with Crippen molar-refractivity contribution in [2.24, 2.45) is 0 Å². The summed E-state index contributed by atoms with van der Waals surface area (Å²) in [5.74, 6) is 1.65. The average Bonchev–Trinajstić information content (AvgIpc) is 3.23. The van der Waals surface area contributed by atoms with Crippen LogP contribution in [-0.2, 0) is 0 Å². The number of nitrogens with zero attached hydrogens (tertiary/aromatic N) is 3. The minimum Gasteiger partial charge on any atom is -0.496 e. The van der Waals surface area contributed by atoms with Crippen molar-refractivity contribution in [3.8, 4) is 28.6 Å². The van der Waals surface area contributed by atoms with Crippen LogP contribution in [0.1, 0.15) is 0 Å². The van der Waals surface area contributed by atoms with Crippen LogP contribution in [0, 0.1) is 0 Å². The van der Waals surface area contributed by atoms with Crippen LogP contribution < -0.4 is 4.74 Å². The fourth-order valence-corrected chi connectivity index (χ4v) is 2.34. The van der Waals surface area contributed by atoms with Crippen molar-refractivity contribution in [1.29, 1.82) is 0 Å². The van der Waals surface area contributed by atoms with Crippen molar-refractivity contribution < 1.29 is 9.26 Å². The molecule has 0 atom stereocenters. The van der Waals surface area contributed by atoms with E-state index >= 15 is 0 Å². The Kier molecular flexibility index (Phi) is 2.86. The fraction of sp³-hybridized carbons (Fsp3) is 0.0625. The van der Waals surface area contributed by atoms with Crippen LogP contribution >= 0.6 is 0 Å². The van der Waals surface area contributed by atoms with Gasteiger partial charge in [0.2, 0.25) is 5.82 Å². The van der Waals surface area contributed by atoms with Crippen LogP contribution in [0.4, 0.5) is 0 Å². The third-order valence-electron chi connectivity index (χ3n) is 3.44. The molecule has 2 heterocycles. The van der Waals surface area contributed by atoms with Crippen molar-refractivity contribution in [3.63, 3.8) is 0 Å². The lowest BCUT2D eigenvalue weighted by atomic mass is 10.2. The molecule has 4 aromatic rings. The van der Waals surface area contributed by atoms with Gasteiger partial charge in [0.15, 0.2) is 0 Å². The van der Waals surface area contributed by atoms with Gasteiger partial charge in [-0.25, -0.2) is 4.98 Å². The van der Waals surface area contributed by atoms with E-state index in [1.54, 1.807) is 13.4 Å². The molecule has 0 aliphatic carbocycles. The molecule has 108 valence electrons. The van der Waals surface area contributed by atoms with Gasteiger partial charge in [0.25, 0.3) is 5.89 Å². The number of aromatic nitrogens is 4. The van der Waals surface area contributed by atoms with E-state index in [4.69, 9.17) is 9.26 Å². The second-order valence-corrected chi connectivity index (χ2v) is 4.76. The Bertz CT molecular complexity index is 942. The van der Waals surface area contributed by atoms with Crippen molar-refractivity contribution in [2.75, 3.05) is 7.11 Å². The number of rotatable bonds is 3. The molecule has 1 N–H and O–H groups in total. The number of para-hydroxylation sites is 1. The van der Waals surface area contributed by atoms with Crippen molar-refractivity contribution in [2.45, 2.75) is 0 Å². The maximum atomic E-state index is 5.38. The molecular weight excluding hydrogens is 280 g/mol. The van der Waals surface area contributed by atoms with Crippen LogP contribution in [0.2, 0.25) is 0 Å². The molecule has 0 spiro atoms. The molecule has 0 unspecified atom stereocenters. The van der Waals surface area contributed by atoms with Crippen LogP contribution in [0.5, 0.6) is 5.75 Å². The van der Waals surface area contributed by atoms with Crippen molar-refractivity contribution in [3.05, 3.63) is 48.8 Å². The van der Waals surface area contributed by atoms with Gasteiger partial charge in [0.1, 0.15) is 5.75 Å². The molecule has 0 radical (unpaired) electrons. The standard InChI is InChI=1S/C16H12N4O2/c1-21-14-5-3-2-4-11(14)15-19-16(22-20-15)10-6-7-12-13(8-10)18-9-17-12/h2-9H,1H3,(H,17,18). The Morgan fingerprint density at radius 3 is 2.95 bits per heavy atom. The normalized spacial score (nSPS) is 11.0. The number of hydrogen-bond donors (Lipinski definition) is 1. The number of hydrogen-bond acceptors (Lipinski definition) is 5. The number of methoxy groups -OCH3 is 1. The monoisotopic (exact) mass is 292 g/mol. The molecule has 0 saturated heterocycles. The first-order chi connectivity index (χ1) is 10.8. The van der Waals surface area contributed by atoms with Crippen LogP contribution in [0.3, 0.4) is 0 Å². The molecule has 0 aliphatic rings. The Hall–Kier alpha value is -3.15. The highest BCUT2D eigenvalue weighted by Crippen LogP contribution is 2.29. The maximum absolute atomic E-state index is 5.38. The molecule has 0 amide bonds. The highest BCUT2D eigenvalue weighted by molar-refractivity contribution is 5.80. The zero-order valence-electron chi connectivity index (χ0n) is 11.8. The number of nitrogens with one attached hydrogen (secondary N) is 1. The molecule has 6 heteroatoms. The van der Waals surface area contributed by atoms with Gasteiger partial charge in [-0.2, -0.15) is 4.98 Å². The number of fused-ring (bicyclic) bond motifs is 1. The Morgan fingerprint density at radius 2 is 2.05 bits per heavy atom. The first kappa shape index (κ1) is 12.6. The van der Waals surface area contributed by atoms with E-state index < -0.39 is 0 Å². The average molecular weight is 292 g/mol. The van der Waals surface area contributed by atoms with E-state index in [-0.39, 0.29) is 0 Å². The summed E-state index contributed by atoms with van der Waals surface area (Å²) in [7, 11) is 1.62. The summed E-state index contributed by atoms with van der Waals surface area (Å²) in [6.45, 7) is 0. The van der Waals surface area contributed by atoms with Crippen molar-refractivity contribution >= 4 is 11.0 Å². The van der Waals surface area contributed by atoms with E-state index in [0.29, 0.717) is 17.5 Å². The molecule has 0 saturated carbocycles. The molecule has 6 nitrogen and oxygen atoms in total. The minimum atomic E-state index is 0.450.